The molecule has 0 amide bonds. The Morgan fingerprint density at radius 2 is 1.77 bits per heavy atom. The Morgan fingerprint density at radius 1 is 1.23 bits per heavy atom. The lowest BCUT2D eigenvalue weighted by molar-refractivity contribution is -0.175. The van der Waals surface area contributed by atoms with Gasteiger partial charge in [-0.05, 0) is 12.8 Å². The minimum Gasteiger partial charge on any atom is -0.348 e. The van der Waals surface area contributed by atoms with Gasteiger partial charge >= 0.3 is 0 Å². The first-order chi connectivity index (χ1) is 6.22. The Balaban J connectivity index is 1.91. The summed E-state index contributed by atoms with van der Waals surface area (Å²) in [7, 11) is -0.680. The number of rotatable bonds is 1. The molecule has 0 aromatic carbocycles. The fourth-order valence-electron chi connectivity index (χ4n) is 2.15. The van der Waals surface area contributed by atoms with Crippen LogP contribution in [0.25, 0.3) is 0 Å². The van der Waals surface area contributed by atoms with Crippen molar-refractivity contribution in [2.75, 3.05) is 19.5 Å². The molecule has 1 saturated carbocycles. The van der Waals surface area contributed by atoms with Crippen LogP contribution < -0.4 is 0 Å². The van der Waals surface area contributed by atoms with E-state index in [4.69, 9.17) is 9.47 Å². The number of ether oxygens (including phenoxy) is 2. The quantitative estimate of drug-likeness (QED) is 0.640. The first kappa shape index (κ1) is 9.62. The molecule has 13 heavy (non-hydrogen) atoms. The van der Waals surface area contributed by atoms with E-state index in [0.29, 0.717) is 5.25 Å². The summed E-state index contributed by atoms with van der Waals surface area (Å²) in [5.41, 5.74) is 0. The van der Waals surface area contributed by atoms with Gasteiger partial charge in [-0.15, -0.1) is 0 Å². The molecule has 1 aliphatic carbocycles. The monoisotopic (exact) mass is 204 g/mol. The number of hydrogen-bond acceptors (Lipinski definition) is 3. The Kier molecular flexibility index (Phi) is 2.72. The lowest BCUT2D eigenvalue weighted by Crippen LogP contribution is -2.37. The highest BCUT2D eigenvalue weighted by Crippen LogP contribution is 2.36. The minimum absolute atomic E-state index is 0.296. The van der Waals surface area contributed by atoms with Crippen molar-refractivity contribution in [2.24, 2.45) is 0 Å². The van der Waals surface area contributed by atoms with Crippen molar-refractivity contribution in [1.82, 2.24) is 0 Å². The van der Waals surface area contributed by atoms with Crippen LogP contribution >= 0.6 is 0 Å². The van der Waals surface area contributed by atoms with Crippen LogP contribution in [0.2, 0.25) is 0 Å². The van der Waals surface area contributed by atoms with Crippen LogP contribution in [0.3, 0.4) is 0 Å². The zero-order valence-electron chi connectivity index (χ0n) is 7.95. The zero-order valence-corrected chi connectivity index (χ0v) is 8.77. The Bertz CT molecular complexity index is 201. The van der Waals surface area contributed by atoms with Gasteiger partial charge in [-0.25, -0.2) is 0 Å². The van der Waals surface area contributed by atoms with Crippen LogP contribution in [-0.2, 0) is 20.3 Å². The maximum absolute atomic E-state index is 11.2. The molecule has 4 heteroatoms. The van der Waals surface area contributed by atoms with Crippen molar-refractivity contribution in [2.45, 2.75) is 36.7 Å². The van der Waals surface area contributed by atoms with Gasteiger partial charge in [0.2, 0.25) is 0 Å². The Morgan fingerprint density at radius 3 is 2.23 bits per heavy atom. The van der Waals surface area contributed by atoms with Crippen LogP contribution in [0.1, 0.15) is 25.7 Å². The predicted octanol–water partition coefficient (Wildman–Crippen LogP) is 1.05. The molecule has 0 N–H and O–H groups in total. The molecule has 1 atom stereocenters. The molecule has 2 fully saturated rings. The normalized spacial score (nSPS) is 30.8. The van der Waals surface area contributed by atoms with Crippen molar-refractivity contribution in [3.8, 4) is 0 Å². The van der Waals surface area contributed by atoms with Gasteiger partial charge in [0.05, 0.1) is 13.2 Å². The zero-order chi connectivity index (χ0) is 9.31. The standard InChI is InChI=1S/C9H16O3S/c1-13(10)8-2-4-9(5-3-8)11-6-7-12-9/h8H,2-7H2,1H3. The third-order valence-electron chi connectivity index (χ3n) is 2.98. The Hall–Kier alpha value is 0.0700. The average Bonchev–Trinajstić information content (AvgIpc) is 2.54. The average molecular weight is 204 g/mol. The number of hydrogen-bond donors (Lipinski definition) is 0. The molecule has 1 spiro atoms. The summed E-state index contributed by atoms with van der Waals surface area (Å²) in [6.45, 7) is 1.44. The molecule has 76 valence electrons. The largest absolute Gasteiger partial charge is 0.348 e. The van der Waals surface area contributed by atoms with Crippen LogP contribution in [0, 0.1) is 0 Å². The Labute approximate surface area is 81.2 Å². The summed E-state index contributed by atoms with van der Waals surface area (Å²) >= 11 is 0. The summed E-state index contributed by atoms with van der Waals surface area (Å²) in [5.74, 6) is -0.296. The lowest BCUT2D eigenvalue weighted by atomic mass is 9.94. The summed E-state index contributed by atoms with van der Waals surface area (Å²) in [4.78, 5) is 0. The molecule has 0 bridgehead atoms. The van der Waals surface area contributed by atoms with Gasteiger partial charge in [-0.3, -0.25) is 4.21 Å². The summed E-state index contributed by atoms with van der Waals surface area (Å²) in [6, 6.07) is 0. The highest BCUT2D eigenvalue weighted by Gasteiger charge is 2.40. The molecule has 1 unspecified atom stereocenters. The van der Waals surface area contributed by atoms with Crippen molar-refractivity contribution in [1.29, 1.82) is 0 Å². The summed E-state index contributed by atoms with van der Waals surface area (Å²) < 4.78 is 22.4. The van der Waals surface area contributed by atoms with Gasteiger partial charge in [0.1, 0.15) is 0 Å². The van der Waals surface area contributed by atoms with Crippen LogP contribution in [0.4, 0.5) is 0 Å². The van der Waals surface area contributed by atoms with Crippen LogP contribution in [0.5, 0.6) is 0 Å². The van der Waals surface area contributed by atoms with Crippen molar-refractivity contribution in [3.63, 3.8) is 0 Å². The highest BCUT2D eigenvalue weighted by atomic mass is 32.2. The molecule has 1 heterocycles. The first-order valence-corrected chi connectivity index (χ1v) is 6.44. The molecule has 2 rings (SSSR count). The van der Waals surface area contributed by atoms with E-state index in [1.807, 2.05) is 0 Å². The molecule has 1 aliphatic heterocycles. The molecule has 0 radical (unpaired) electrons. The first-order valence-electron chi connectivity index (χ1n) is 4.82. The lowest BCUT2D eigenvalue weighted by Gasteiger charge is -2.34. The van der Waals surface area contributed by atoms with Gasteiger partial charge in [-0.1, -0.05) is 0 Å². The molecular formula is C9H16O3S. The third kappa shape index (κ3) is 1.95. The summed E-state index contributed by atoms with van der Waals surface area (Å²) in [5, 5.41) is 0.360. The molecular weight excluding hydrogens is 188 g/mol. The van der Waals surface area contributed by atoms with E-state index in [1.165, 1.54) is 0 Å². The van der Waals surface area contributed by atoms with Gasteiger partial charge in [0.25, 0.3) is 0 Å². The second kappa shape index (κ2) is 3.67. The van der Waals surface area contributed by atoms with E-state index in [1.54, 1.807) is 6.26 Å². The molecule has 3 nitrogen and oxygen atoms in total. The van der Waals surface area contributed by atoms with Gasteiger partial charge in [0.15, 0.2) is 5.79 Å². The van der Waals surface area contributed by atoms with Crippen molar-refractivity contribution >= 4 is 10.8 Å². The fraction of sp³-hybridized carbons (Fsp3) is 1.00. The van der Waals surface area contributed by atoms with Gasteiger partial charge < -0.3 is 9.47 Å². The topological polar surface area (TPSA) is 35.5 Å². The van der Waals surface area contributed by atoms with E-state index in [0.717, 1.165) is 38.9 Å². The van der Waals surface area contributed by atoms with Crippen molar-refractivity contribution in [3.05, 3.63) is 0 Å². The van der Waals surface area contributed by atoms with E-state index in [9.17, 15) is 4.21 Å². The third-order valence-corrected chi connectivity index (χ3v) is 4.39. The van der Waals surface area contributed by atoms with E-state index >= 15 is 0 Å². The van der Waals surface area contributed by atoms with E-state index in [-0.39, 0.29) is 5.79 Å². The molecule has 1 saturated heterocycles. The highest BCUT2D eigenvalue weighted by molar-refractivity contribution is 7.84. The second-order valence-corrected chi connectivity index (χ2v) is 5.47. The SMILES string of the molecule is CS(=O)C1CCC2(CC1)OCCO2. The van der Waals surface area contributed by atoms with E-state index in [2.05, 4.69) is 0 Å². The maximum Gasteiger partial charge on any atom is 0.168 e. The van der Waals surface area contributed by atoms with E-state index < -0.39 is 10.8 Å². The second-order valence-electron chi connectivity index (χ2n) is 3.81. The molecule has 0 aromatic rings. The summed E-state index contributed by atoms with van der Waals surface area (Å²) in [6.07, 6.45) is 5.57. The molecule has 0 aromatic heterocycles. The smallest absolute Gasteiger partial charge is 0.168 e. The van der Waals surface area contributed by atoms with Gasteiger partial charge in [-0.2, -0.15) is 0 Å². The van der Waals surface area contributed by atoms with Crippen LogP contribution in [-0.4, -0.2) is 34.7 Å². The maximum atomic E-state index is 11.2. The predicted molar refractivity (Wildman–Crippen MR) is 51.0 cm³/mol. The minimum atomic E-state index is -0.680. The van der Waals surface area contributed by atoms with Crippen molar-refractivity contribution < 1.29 is 13.7 Å². The van der Waals surface area contributed by atoms with Gasteiger partial charge in [0, 0.05) is 35.1 Å². The fourth-order valence-corrected chi connectivity index (χ4v) is 3.05. The van der Waals surface area contributed by atoms with Crippen LogP contribution in [0.15, 0.2) is 0 Å². The molecule has 2 aliphatic rings.